The van der Waals surface area contributed by atoms with Gasteiger partial charge < -0.3 is 9.73 Å². The normalized spacial score (nSPS) is 18.3. The van der Waals surface area contributed by atoms with Gasteiger partial charge in [-0.25, -0.2) is 8.42 Å². The highest BCUT2D eigenvalue weighted by molar-refractivity contribution is 7.99. The van der Waals surface area contributed by atoms with Crippen LogP contribution in [0.25, 0.3) is 0 Å². The predicted molar refractivity (Wildman–Crippen MR) is 101 cm³/mol. The average Bonchev–Trinajstić information content (AvgIpc) is 3.19. The molecule has 0 bridgehead atoms. The zero-order chi connectivity index (χ0) is 19.4. The van der Waals surface area contributed by atoms with Crippen molar-refractivity contribution in [3.05, 3.63) is 35.7 Å². The van der Waals surface area contributed by atoms with Crippen molar-refractivity contribution in [1.29, 1.82) is 0 Å². The summed E-state index contributed by atoms with van der Waals surface area (Å²) in [5.41, 5.74) is 1.18. The summed E-state index contributed by atoms with van der Waals surface area (Å²) in [7, 11) is -2.93. The molecule has 0 saturated carbocycles. The lowest BCUT2D eigenvalue weighted by molar-refractivity contribution is -0.113. The first-order valence-corrected chi connectivity index (χ1v) is 11.2. The zero-order valence-electron chi connectivity index (χ0n) is 14.7. The monoisotopic (exact) mass is 409 g/mol. The number of hydrogen-bond acceptors (Lipinski definition) is 8. The first-order valence-electron chi connectivity index (χ1n) is 8.37. The third-order valence-corrected chi connectivity index (χ3v) is 6.80. The highest BCUT2D eigenvalue weighted by Gasteiger charge is 2.29. The smallest absolute Gasteiger partial charge is 0.277 e. The largest absolute Gasteiger partial charge is 0.416 e. The van der Waals surface area contributed by atoms with Gasteiger partial charge in [-0.2, -0.15) is 0 Å². The van der Waals surface area contributed by atoms with Crippen molar-refractivity contribution in [1.82, 2.24) is 10.2 Å². The summed E-state index contributed by atoms with van der Waals surface area (Å²) in [6.07, 6.45) is 1.04. The number of Topliss-reactive ketones (excluding diaryl/α,β-unsaturated/α-hetero) is 1. The van der Waals surface area contributed by atoms with E-state index in [1.54, 1.807) is 24.3 Å². The first-order chi connectivity index (χ1) is 12.8. The zero-order valence-corrected chi connectivity index (χ0v) is 16.3. The topological polar surface area (TPSA) is 119 Å². The van der Waals surface area contributed by atoms with Crippen molar-refractivity contribution >= 4 is 39.0 Å². The van der Waals surface area contributed by atoms with E-state index in [0.717, 1.165) is 11.8 Å². The Labute approximate surface area is 161 Å². The van der Waals surface area contributed by atoms with E-state index in [2.05, 4.69) is 15.5 Å². The SMILES string of the molecule is CC(=O)c1ccc(NC(=O)CSc2nnc(C[C@@H]3CCS(=O)(=O)C3)o2)cc1. The molecule has 1 fully saturated rings. The first kappa shape index (κ1) is 19.6. The maximum Gasteiger partial charge on any atom is 0.277 e. The summed E-state index contributed by atoms with van der Waals surface area (Å²) in [5, 5.41) is 10.8. The van der Waals surface area contributed by atoms with Gasteiger partial charge in [0, 0.05) is 17.7 Å². The van der Waals surface area contributed by atoms with Crippen LogP contribution in [0.3, 0.4) is 0 Å². The maximum absolute atomic E-state index is 12.0. The second-order valence-corrected chi connectivity index (χ2v) is 9.56. The van der Waals surface area contributed by atoms with Gasteiger partial charge in [0.2, 0.25) is 11.8 Å². The molecule has 1 aromatic carbocycles. The lowest BCUT2D eigenvalue weighted by Crippen LogP contribution is -2.14. The minimum absolute atomic E-state index is 0.00886. The van der Waals surface area contributed by atoms with Crippen molar-refractivity contribution < 1.29 is 22.4 Å². The Hall–Kier alpha value is -2.20. The second kappa shape index (κ2) is 8.22. The molecule has 1 saturated heterocycles. The molecule has 0 radical (unpaired) electrons. The van der Waals surface area contributed by atoms with Crippen molar-refractivity contribution in [3.63, 3.8) is 0 Å². The van der Waals surface area contributed by atoms with Crippen LogP contribution in [0.15, 0.2) is 33.9 Å². The molecule has 1 aliphatic rings. The number of ketones is 1. The Bertz CT molecular complexity index is 938. The van der Waals surface area contributed by atoms with E-state index in [0.29, 0.717) is 30.0 Å². The molecule has 144 valence electrons. The van der Waals surface area contributed by atoms with Gasteiger partial charge in [0.1, 0.15) is 0 Å². The Kier molecular flexibility index (Phi) is 5.95. The van der Waals surface area contributed by atoms with Gasteiger partial charge in [0.15, 0.2) is 15.6 Å². The predicted octanol–water partition coefficient (Wildman–Crippen LogP) is 1.98. The highest BCUT2D eigenvalue weighted by atomic mass is 32.2. The number of anilines is 1. The van der Waals surface area contributed by atoms with Crippen molar-refractivity contribution in [2.75, 3.05) is 22.6 Å². The van der Waals surface area contributed by atoms with Crippen LogP contribution in [-0.2, 0) is 21.1 Å². The molecule has 3 rings (SSSR count). The lowest BCUT2D eigenvalue weighted by atomic mass is 10.1. The summed E-state index contributed by atoms with van der Waals surface area (Å²) in [4.78, 5) is 23.2. The molecule has 27 heavy (non-hydrogen) atoms. The van der Waals surface area contributed by atoms with Gasteiger partial charge in [-0.05, 0) is 43.5 Å². The number of benzene rings is 1. The van der Waals surface area contributed by atoms with E-state index in [1.807, 2.05) is 0 Å². The molecular formula is C17H19N3O5S2. The van der Waals surface area contributed by atoms with E-state index in [-0.39, 0.29) is 40.1 Å². The van der Waals surface area contributed by atoms with Crippen molar-refractivity contribution in [3.8, 4) is 0 Å². The fourth-order valence-electron chi connectivity index (χ4n) is 2.77. The molecule has 2 heterocycles. The van der Waals surface area contributed by atoms with Crippen LogP contribution in [0.5, 0.6) is 0 Å². The fourth-order valence-corrected chi connectivity index (χ4v) is 5.21. The molecule has 0 unspecified atom stereocenters. The van der Waals surface area contributed by atoms with Crippen LogP contribution >= 0.6 is 11.8 Å². The highest BCUT2D eigenvalue weighted by Crippen LogP contribution is 2.24. The van der Waals surface area contributed by atoms with Crippen LogP contribution in [0.4, 0.5) is 5.69 Å². The molecule has 1 aliphatic heterocycles. The van der Waals surface area contributed by atoms with Crippen LogP contribution in [-0.4, -0.2) is 47.6 Å². The van der Waals surface area contributed by atoms with Gasteiger partial charge in [-0.15, -0.1) is 10.2 Å². The molecule has 0 aliphatic carbocycles. The second-order valence-electron chi connectivity index (χ2n) is 6.41. The minimum atomic E-state index is -2.93. The van der Waals surface area contributed by atoms with Crippen molar-refractivity contribution in [2.45, 2.75) is 25.0 Å². The average molecular weight is 409 g/mol. The van der Waals surface area contributed by atoms with Gasteiger partial charge in [-0.1, -0.05) is 11.8 Å². The molecule has 2 aromatic rings. The van der Waals surface area contributed by atoms with Gasteiger partial charge in [0.05, 0.1) is 17.3 Å². The summed E-state index contributed by atoms with van der Waals surface area (Å²) < 4.78 is 28.5. The fraction of sp³-hybridized carbons (Fsp3) is 0.412. The number of amides is 1. The summed E-state index contributed by atoms with van der Waals surface area (Å²) in [5.74, 6) is 0.579. The summed E-state index contributed by atoms with van der Waals surface area (Å²) in [6, 6.07) is 6.64. The molecule has 1 N–H and O–H groups in total. The maximum atomic E-state index is 12.0. The summed E-state index contributed by atoms with van der Waals surface area (Å²) >= 11 is 1.11. The number of thioether (sulfide) groups is 1. The molecule has 1 atom stereocenters. The molecule has 10 heteroatoms. The number of carbonyl (C=O) groups excluding carboxylic acids is 2. The Morgan fingerprint density at radius 1 is 1.26 bits per heavy atom. The number of aromatic nitrogens is 2. The number of carbonyl (C=O) groups is 2. The number of nitrogens with zero attached hydrogens (tertiary/aromatic N) is 2. The summed E-state index contributed by atoms with van der Waals surface area (Å²) in [6.45, 7) is 1.48. The minimum Gasteiger partial charge on any atom is -0.416 e. The Morgan fingerprint density at radius 2 is 2.00 bits per heavy atom. The van der Waals surface area contributed by atoms with Gasteiger partial charge in [0.25, 0.3) is 5.22 Å². The number of sulfone groups is 1. The van der Waals surface area contributed by atoms with E-state index in [1.165, 1.54) is 6.92 Å². The van der Waals surface area contributed by atoms with E-state index in [4.69, 9.17) is 4.42 Å². The third kappa shape index (κ3) is 5.64. The molecule has 1 aromatic heterocycles. The Morgan fingerprint density at radius 3 is 2.63 bits per heavy atom. The number of hydrogen-bond donors (Lipinski definition) is 1. The van der Waals surface area contributed by atoms with Gasteiger partial charge in [-0.3, -0.25) is 9.59 Å². The lowest BCUT2D eigenvalue weighted by Gasteiger charge is -2.04. The van der Waals surface area contributed by atoms with Gasteiger partial charge >= 0.3 is 0 Å². The Balaban J connectivity index is 1.46. The van der Waals surface area contributed by atoms with E-state index < -0.39 is 9.84 Å². The van der Waals surface area contributed by atoms with Crippen LogP contribution in [0.2, 0.25) is 0 Å². The third-order valence-electron chi connectivity index (χ3n) is 4.14. The van der Waals surface area contributed by atoms with Crippen molar-refractivity contribution in [2.24, 2.45) is 5.92 Å². The molecule has 1 amide bonds. The molecular weight excluding hydrogens is 390 g/mol. The van der Waals surface area contributed by atoms with E-state index in [9.17, 15) is 18.0 Å². The quantitative estimate of drug-likeness (QED) is 0.544. The van der Waals surface area contributed by atoms with Crippen LogP contribution in [0.1, 0.15) is 29.6 Å². The number of rotatable bonds is 7. The standard InChI is InChI=1S/C17H19N3O5S2/c1-11(21)13-2-4-14(5-3-13)18-15(22)9-26-17-20-19-16(25-17)8-12-6-7-27(23,24)10-12/h2-5,12H,6-10H2,1H3,(H,18,22)/t12-/m0/s1. The van der Waals surface area contributed by atoms with Crippen LogP contribution < -0.4 is 5.32 Å². The van der Waals surface area contributed by atoms with E-state index >= 15 is 0 Å². The number of nitrogens with one attached hydrogen (secondary N) is 1. The molecule has 0 spiro atoms. The molecule has 8 nitrogen and oxygen atoms in total. The van der Waals surface area contributed by atoms with Crippen LogP contribution in [0, 0.1) is 5.92 Å².